The highest BCUT2D eigenvalue weighted by Gasteiger charge is 2.10. The topological polar surface area (TPSA) is 107 Å². The summed E-state index contributed by atoms with van der Waals surface area (Å²) in [6.07, 6.45) is 1.79. The van der Waals surface area contributed by atoms with Gasteiger partial charge < -0.3 is 15.8 Å². The van der Waals surface area contributed by atoms with Gasteiger partial charge in [0.1, 0.15) is 0 Å². The van der Waals surface area contributed by atoms with E-state index in [0.717, 1.165) is 18.5 Å². The first-order valence-corrected chi connectivity index (χ1v) is 7.60. The minimum Gasteiger partial charge on any atom is -0.383 e. The van der Waals surface area contributed by atoms with Gasteiger partial charge in [0.05, 0.1) is 11.5 Å². The highest BCUT2D eigenvalue weighted by molar-refractivity contribution is 7.89. The molecule has 0 saturated carbocycles. The van der Waals surface area contributed by atoms with Crippen molar-refractivity contribution in [1.82, 2.24) is 0 Å². The Morgan fingerprint density at radius 2 is 1.95 bits per heavy atom. The van der Waals surface area contributed by atoms with Crippen LogP contribution in [0.25, 0.3) is 0 Å². The van der Waals surface area contributed by atoms with E-state index in [1.54, 1.807) is 19.2 Å². The number of nitrogens with one attached hydrogen (secondary N) is 1. The van der Waals surface area contributed by atoms with E-state index in [0.29, 0.717) is 13.2 Å². The summed E-state index contributed by atoms with van der Waals surface area (Å²) < 4.78 is 27.4. The van der Waals surface area contributed by atoms with Gasteiger partial charge in [-0.25, -0.2) is 13.6 Å². The van der Waals surface area contributed by atoms with Crippen LogP contribution in [0, 0.1) is 0 Å². The van der Waals surface area contributed by atoms with Gasteiger partial charge in [-0.05, 0) is 43.7 Å². The predicted molar refractivity (Wildman–Crippen MR) is 75.4 cm³/mol. The molecular weight excluding hydrogens is 266 g/mol. The van der Waals surface area contributed by atoms with E-state index in [-0.39, 0.29) is 10.9 Å². The van der Waals surface area contributed by atoms with E-state index in [4.69, 9.17) is 15.6 Å². The first kappa shape index (κ1) is 15.9. The summed E-state index contributed by atoms with van der Waals surface area (Å²) in [7, 11) is -2.00. The molecule has 0 aliphatic carbocycles. The number of hydrogen-bond donors (Lipinski definition) is 3. The lowest BCUT2D eigenvalue weighted by atomic mass is 10.1. The second-order valence-corrected chi connectivity index (χ2v) is 5.86. The lowest BCUT2D eigenvalue weighted by Crippen LogP contribution is -2.25. The Morgan fingerprint density at radius 1 is 1.32 bits per heavy atom. The van der Waals surface area contributed by atoms with Crippen molar-refractivity contribution in [3.8, 4) is 0 Å². The number of benzene rings is 1. The van der Waals surface area contributed by atoms with E-state index in [1.807, 2.05) is 0 Å². The van der Waals surface area contributed by atoms with Crippen LogP contribution in [0.15, 0.2) is 29.2 Å². The molecule has 0 aliphatic heterocycles. The van der Waals surface area contributed by atoms with Crippen LogP contribution in [-0.4, -0.2) is 34.7 Å². The van der Waals surface area contributed by atoms with Crippen molar-refractivity contribution >= 4 is 15.7 Å². The standard InChI is InChI=1S/C12H21N3O3S/c1-18-9-11(3-2-8-13)15-10-4-6-12(7-5-10)19(14,16)17/h4-7,11,15H,2-3,8-9,13H2,1H3,(H2,14,16,17). The smallest absolute Gasteiger partial charge is 0.238 e. The molecule has 7 heteroatoms. The van der Waals surface area contributed by atoms with Gasteiger partial charge in [0.15, 0.2) is 0 Å². The lowest BCUT2D eigenvalue weighted by molar-refractivity contribution is 0.182. The Balaban J connectivity index is 2.69. The lowest BCUT2D eigenvalue weighted by Gasteiger charge is -2.19. The monoisotopic (exact) mass is 287 g/mol. The molecule has 1 aromatic carbocycles. The molecule has 0 bridgehead atoms. The third-order valence-electron chi connectivity index (χ3n) is 2.68. The number of methoxy groups -OCH3 is 1. The molecule has 0 saturated heterocycles. The Bertz CT molecular complexity index is 473. The number of sulfonamides is 1. The Labute approximate surface area is 114 Å². The van der Waals surface area contributed by atoms with Gasteiger partial charge in [-0.1, -0.05) is 0 Å². The van der Waals surface area contributed by atoms with Crippen molar-refractivity contribution in [2.75, 3.05) is 25.6 Å². The average molecular weight is 287 g/mol. The normalized spacial score (nSPS) is 13.2. The maximum absolute atomic E-state index is 11.1. The van der Waals surface area contributed by atoms with Crippen LogP contribution in [0.5, 0.6) is 0 Å². The highest BCUT2D eigenvalue weighted by Crippen LogP contribution is 2.15. The Kier molecular flexibility index (Phi) is 6.23. The van der Waals surface area contributed by atoms with Crippen LogP contribution in [-0.2, 0) is 14.8 Å². The zero-order valence-corrected chi connectivity index (χ0v) is 11.8. The molecular formula is C12H21N3O3S. The number of primary sulfonamides is 1. The maximum atomic E-state index is 11.1. The minimum atomic E-state index is -3.64. The van der Waals surface area contributed by atoms with Crippen molar-refractivity contribution in [2.24, 2.45) is 10.9 Å². The van der Waals surface area contributed by atoms with E-state index >= 15 is 0 Å². The fourth-order valence-corrected chi connectivity index (χ4v) is 2.25. The van der Waals surface area contributed by atoms with Crippen molar-refractivity contribution < 1.29 is 13.2 Å². The van der Waals surface area contributed by atoms with Crippen LogP contribution >= 0.6 is 0 Å². The van der Waals surface area contributed by atoms with Gasteiger partial charge in [-0.3, -0.25) is 0 Å². The Morgan fingerprint density at radius 3 is 2.42 bits per heavy atom. The summed E-state index contributed by atoms with van der Waals surface area (Å²) in [6.45, 7) is 1.20. The van der Waals surface area contributed by atoms with Gasteiger partial charge >= 0.3 is 0 Å². The summed E-state index contributed by atoms with van der Waals surface area (Å²) in [6, 6.07) is 6.47. The zero-order chi connectivity index (χ0) is 14.3. The van der Waals surface area contributed by atoms with E-state index in [2.05, 4.69) is 5.32 Å². The van der Waals surface area contributed by atoms with Crippen LogP contribution in [0.2, 0.25) is 0 Å². The third-order valence-corrected chi connectivity index (χ3v) is 3.61. The number of hydrogen-bond acceptors (Lipinski definition) is 5. The van der Waals surface area contributed by atoms with E-state index in [1.165, 1.54) is 12.1 Å². The molecule has 0 heterocycles. The molecule has 1 atom stereocenters. The molecule has 5 N–H and O–H groups in total. The van der Waals surface area contributed by atoms with Crippen molar-refractivity contribution in [3.05, 3.63) is 24.3 Å². The fraction of sp³-hybridized carbons (Fsp3) is 0.500. The second-order valence-electron chi connectivity index (χ2n) is 4.30. The second kappa shape index (κ2) is 7.44. The molecule has 1 aromatic rings. The van der Waals surface area contributed by atoms with Crippen LogP contribution in [0.1, 0.15) is 12.8 Å². The van der Waals surface area contributed by atoms with Crippen molar-refractivity contribution in [3.63, 3.8) is 0 Å². The summed E-state index contributed by atoms with van der Waals surface area (Å²) in [5.74, 6) is 0. The van der Waals surface area contributed by atoms with Crippen LogP contribution in [0.3, 0.4) is 0 Å². The molecule has 0 fully saturated rings. The SMILES string of the molecule is COCC(CCCN)Nc1ccc(S(N)(=O)=O)cc1. The van der Waals surface area contributed by atoms with Crippen molar-refractivity contribution in [1.29, 1.82) is 0 Å². The fourth-order valence-electron chi connectivity index (χ4n) is 1.74. The summed E-state index contributed by atoms with van der Waals surface area (Å²) >= 11 is 0. The first-order valence-electron chi connectivity index (χ1n) is 6.05. The summed E-state index contributed by atoms with van der Waals surface area (Å²) in [4.78, 5) is 0.100. The molecule has 0 spiro atoms. The molecule has 0 aliphatic rings. The number of rotatable bonds is 8. The zero-order valence-electron chi connectivity index (χ0n) is 11.0. The van der Waals surface area contributed by atoms with Gasteiger partial charge in [-0.15, -0.1) is 0 Å². The summed E-state index contributed by atoms with van der Waals surface area (Å²) in [5.41, 5.74) is 6.31. The average Bonchev–Trinajstić information content (AvgIpc) is 2.36. The van der Waals surface area contributed by atoms with Crippen molar-refractivity contribution in [2.45, 2.75) is 23.8 Å². The minimum absolute atomic E-state index is 0.100. The molecule has 19 heavy (non-hydrogen) atoms. The molecule has 0 aromatic heterocycles. The predicted octanol–water partition coefficient (Wildman–Crippen LogP) is 0.500. The third kappa shape index (κ3) is 5.56. The van der Waals surface area contributed by atoms with Crippen LogP contribution in [0.4, 0.5) is 5.69 Å². The molecule has 1 unspecified atom stereocenters. The Hall–Kier alpha value is -1.15. The van der Waals surface area contributed by atoms with Gasteiger partial charge in [0.2, 0.25) is 10.0 Å². The molecule has 108 valence electrons. The molecule has 6 nitrogen and oxygen atoms in total. The highest BCUT2D eigenvalue weighted by atomic mass is 32.2. The van der Waals surface area contributed by atoms with E-state index < -0.39 is 10.0 Å². The van der Waals surface area contributed by atoms with Gasteiger partial charge in [0, 0.05) is 18.8 Å². The van der Waals surface area contributed by atoms with Gasteiger partial charge in [0.25, 0.3) is 0 Å². The quantitative estimate of drug-likeness (QED) is 0.645. The number of anilines is 1. The van der Waals surface area contributed by atoms with E-state index in [9.17, 15) is 8.42 Å². The molecule has 0 radical (unpaired) electrons. The molecule has 0 amide bonds. The number of ether oxygens (including phenoxy) is 1. The maximum Gasteiger partial charge on any atom is 0.238 e. The largest absolute Gasteiger partial charge is 0.383 e. The summed E-state index contributed by atoms with van der Waals surface area (Å²) in [5, 5.41) is 8.32. The first-order chi connectivity index (χ1) is 8.97. The molecule has 1 rings (SSSR count). The number of nitrogens with two attached hydrogens (primary N) is 2. The van der Waals surface area contributed by atoms with Gasteiger partial charge in [-0.2, -0.15) is 0 Å². The van der Waals surface area contributed by atoms with Crippen LogP contribution < -0.4 is 16.2 Å².